The van der Waals surface area contributed by atoms with Crippen molar-refractivity contribution in [1.82, 2.24) is 37.2 Å². The number of unbranched alkanes of at least 4 members (excludes halogenated alkanes) is 3. The summed E-state index contributed by atoms with van der Waals surface area (Å²) >= 11 is 0. The maximum atomic E-state index is 12.7. The number of carbonyl (C=O) groups excluding carboxylic acids is 6. The number of carboxylic acids is 3. The molecule has 0 saturated carbocycles. The summed E-state index contributed by atoms with van der Waals surface area (Å²) in [7, 11) is 0. The fraction of sp³-hybridized carbons (Fsp3) is 0.545. The summed E-state index contributed by atoms with van der Waals surface area (Å²) in [5.74, 6) is -6.93. The van der Waals surface area contributed by atoms with Crippen molar-refractivity contribution in [3.05, 3.63) is 35.4 Å². The Balaban J connectivity index is 2.40. The topological polar surface area (TPSA) is 351 Å². The van der Waals surface area contributed by atoms with E-state index in [1.807, 2.05) is 0 Å². The predicted octanol–water partition coefficient (Wildman–Crippen LogP) is -2.01. The van der Waals surface area contributed by atoms with Crippen LogP contribution in [0.1, 0.15) is 68.9 Å². The van der Waals surface area contributed by atoms with Gasteiger partial charge in [-0.25, -0.2) is 14.4 Å². The molecule has 14 N–H and O–H groups in total. The molecule has 1 aromatic rings. The van der Waals surface area contributed by atoms with Crippen molar-refractivity contribution < 1.29 is 58.5 Å². The Hall–Kier alpha value is -5.99. The Morgan fingerprint density at radius 2 is 1.22 bits per heavy atom. The van der Waals surface area contributed by atoms with E-state index in [1.165, 1.54) is 0 Å². The highest BCUT2D eigenvalue weighted by atomic mass is 16.4. The third-order valence-electron chi connectivity index (χ3n) is 7.59. The van der Waals surface area contributed by atoms with E-state index in [4.69, 9.17) is 21.7 Å². The van der Waals surface area contributed by atoms with Crippen LogP contribution in [0.3, 0.4) is 0 Å². The number of nitrogens with two attached hydrogens (primary N) is 2. The molecule has 0 spiro atoms. The molecular weight excluding hydrogens is 714 g/mol. The molecule has 0 fully saturated rings. The molecule has 0 radical (unpaired) electrons. The number of nitrogens with one attached hydrogen (secondary N) is 7. The van der Waals surface area contributed by atoms with Crippen LogP contribution in [0.15, 0.2) is 24.3 Å². The molecule has 0 bridgehead atoms. The normalized spacial score (nSPS) is 12.2. The summed E-state index contributed by atoms with van der Waals surface area (Å²) in [6.07, 6.45) is 1.61. The van der Waals surface area contributed by atoms with Gasteiger partial charge in [-0.05, 0) is 62.6 Å². The van der Waals surface area contributed by atoms with Gasteiger partial charge in [0.1, 0.15) is 18.1 Å². The number of aliphatic carboxylic acids is 3. The van der Waals surface area contributed by atoms with Crippen LogP contribution in [0.5, 0.6) is 0 Å². The number of hydrogen-bond donors (Lipinski definition) is 12. The number of urea groups is 2. The SMILES string of the molecule is NCCCC[C@H](NC(=O)CNC(=O)[C@H](CC(=O)O)NC(=O)Cc1ccc(CNC(=O)NCCCCCNC(=O)N[C@@H](CCC(=O)O)C(=O)O)cc1)C(N)=O. The molecule has 0 aromatic heterocycles. The average Bonchev–Trinajstić information content (AvgIpc) is 3.10. The van der Waals surface area contributed by atoms with E-state index in [1.54, 1.807) is 24.3 Å². The van der Waals surface area contributed by atoms with E-state index < -0.39 is 91.1 Å². The second-order valence-corrected chi connectivity index (χ2v) is 12.1. The molecule has 54 heavy (non-hydrogen) atoms. The molecule has 1 rings (SSSR count). The van der Waals surface area contributed by atoms with Crippen molar-refractivity contribution in [1.29, 1.82) is 0 Å². The molecule has 0 saturated heterocycles. The van der Waals surface area contributed by atoms with E-state index in [9.17, 15) is 48.3 Å². The minimum absolute atomic E-state index is 0.170. The highest BCUT2D eigenvalue weighted by molar-refractivity contribution is 5.94. The maximum Gasteiger partial charge on any atom is 0.326 e. The first-order chi connectivity index (χ1) is 25.6. The molecule has 1 aromatic carbocycles. The van der Waals surface area contributed by atoms with Gasteiger partial charge in [-0.2, -0.15) is 0 Å². The quantitative estimate of drug-likeness (QED) is 0.0432. The van der Waals surface area contributed by atoms with Crippen molar-refractivity contribution in [3.63, 3.8) is 0 Å². The number of carboxylic acid groups (broad SMARTS) is 3. The largest absolute Gasteiger partial charge is 0.481 e. The number of carbonyl (C=O) groups is 9. The zero-order valence-electron chi connectivity index (χ0n) is 29.8. The van der Waals surface area contributed by atoms with Gasteiger partial charge in [0.15, 0.2) is 0 Å². The van der Waals surface area contributed by atoms with Crippen LogP contribution in [-0.4, -0.2) is 113 Å². The Bertz CT molecular complexity index is 1440. The lowest BCUT2D eigenvalue weighted by Gasteiger charge is -2.18. The molecule has 0 aliphatic heterocycles. The lowest BCUT2D eigenvalue weighted by molar-refractivity contribution is -0.141. The Morgan fingerprint density at radius 3 is 1.80 bits per heavy atom. The predicted molar refractivity (Wildman–Crippen MR) is 190 cm³/mol. The monoisotopic (exact) mass is 765 g/mol. The van der Waals surface area contributed by atoms with E-state index in [-0.39, 0.29) is 32.4 Å². The van der Waals surface area contributed by atoms with Crippen LogP contribution >= 0.6 is 0 Å². The first kappa shape index (κ1) is 46.0. The number of rotatable bonds is 27. The fourth-order valence-corrected chi connectivity index (χ4v) is 4.71. The van der Waals surface area contributed by atoms with Gasteiger partial charge in [-0.15, -0.1) is 0 Å². The Morgan fingerprint density at radius 1 is 0.611 bits per heavy atom. The van der Waals surface area contributed by atoms with E-state index in [2.05, 4.69) is 37.2 Å². The van der Waals surface area contributed by atoms with Gasteiger partial charge in [0, 0.05) is 26.1 Å². The molecule has 0 aliphatic rings. The van der Waals surface area contributed by atoms with Gasteiger partial charge in [0.25, 0.3) is 0 Å². The average molecular weight is 766 g/mol. The molecule has 3 atom stereocenters. The summed E-state index contributed by atoms with van der Waals surface area (Å²) in [4.78, 5) is 106. The van der Waals surface area contributed by atoms with E-state index in [0.717, 1.165) is 0 Å². The molecule has 0 aliphatic carbocycles. The number of primary amides is 1. The summed E-state index contributed by atoms with van der Waals surface area (Å²) in [5, 5.41) is 44.1. The first-order valence-corrected chi connectivity index (χ1v) is 17.3. The van der Waals surface area contributed by atoms with Crippen molar-refractivity contribution in [2.75, 3.05) is 26.2 Å². The zero-order valence-corrected chi connectivity index (χ0v) is 29.8. The Kier molecular flexibility index (Phi) is 22.1. The lowest BCUT2D eigenvalue weighted by atomic mass is 10.1. The van der Waals surface area contributed by atoms with Crippen LogP contribution < -0.4 is 48.7 Å². The van der Waals surface area contributed by atoms with E-state index in [0.29, 0.717) is 56.3 Å². The minimum Gasteiger partial charge on any atom is -0.481 e. The number of benzene rings is 1. The first-order valence-electron chi connectivity index (χ1n) is 17.3. The van der Waals surface area contributed by atoms with Gasteiger partial charge in [-0.1, -0.05) is 24.3 Å². The van der Waals surface area contributed by atoms with Crippen LogP contribution in [-0.2, 0) is 46.5 Å². The molecule has 0 heterocycles. The van der Waals surface area contributed by atoms with Crippen LogP contribution in [0.4, 0.5) is 9.59 Å². The van der Waals surface area contributed by atoms with Gasteiger partial charge in [-0.3, -0.25) is 28.8 Å². The molecule has 21 nitrogen and oxygen atoms in total. The standard InChI is InChI=1S/C33H51N9O12/c34-13-3-2-6-22(29(35)49)40-26(44)19-38-30(50)24(17-28(47)48)41-25(43)16-20-7-9-21(10-8-20)18-39-32(53)36-14-4-1-5-15-37-33(54)42-23(31(51)52)11-12-27(45)46/h7-10,22-24H,1-6,11-19,34H2,(H2,35,49)(H,38,50)(H,40,44)(H,41,43)(H,45,46)(H,47,48)(H,51,52)(H2,36,39,53)(H2,37,42,54)/t22-,23-,24-/m0/s1. The summed E-state index contributed by atoms with van der Waals surface area (Å²) in [6.45, 7) is 0.581. The molecule has 0 unspecified atom stereocenters. The molecule has 8 amide bonds. The zero-order chi connectivity index (χ0) is 40.5. The highest BCUT2D eigenvalue weighted by Crippen LogP contribution is 2.07. The Labute approximate surface area is 311 Å². The number of hydrogen-bond acceptors (Lipinski definition) is 10. The molecular formula is C33H51N9O12. The maximum absolute atomic E-state index is 12.7. The minimum atomic E-state index is -1.49. The van der Waals surface area contributed by atoms with Crippen LogP contribution in [0.2, 0.25) is 0 Å². The van der Waals surface area contributed by atoms with Crippen molar-refractivity contribution in [3.8, 4) is 0 Å². The van der Waals surface area contributed by atoms with Crippen molar-refractivity contribution >= 4 is 53.6 Å². The van der Waals surface area contributed by atoms with E-state index >= 15 is 0 Å². The van der Waals surface area contributed by atoms with Crippen LogP contribution in [0.25, 0.3) is 0 Å². The highest BCUT2D eigenvalue weighted by Gasteiger charge is 2.25. The third kappa shape index (κ3) is 21.4. The van der Waals surface area contributed by atoms with Gasteiger partial charge < -0.3 is 64.0 Å². The summed E-state index contributed by atoms with van der Waals surface area (Å²) in [6, 6.07) is 1.67. The van der Waals surface area contributed by atoms with Crippen LogP contribution in [0, 0.1) is 0 Å². The van der Waals surface area contributed by atoms with Gasteiger partial charge in [0.05, 0.1) is 19.4 Å². The second kappa shape index (κ2) is 25.9. The molecule has 300 valence electrons. The van der Waals surface area contributed by atoms with Crippen molar-refractivity contribution in [2.45, 2.75) is 88.9 Å². The second-order valence-electron chi connectivity index (χ2n) is 12.1. The third-order valence-corrected chi connectivity index (χ3v) is 7.59. The fourth-order valence-electron chi connectivity index (χ4n) is 4.71. The molecule has 21 heteroatoms. The van der Waals surface area contributed by atoms with Gasteiger partial charge >= 0.3 is 30.0 Å². The smallest absolute Gasteiger partial charge is 0.326 e. The number of amides is 8. The van der Waals surface area contributed by atoms with Crippen molar-refractivity contribution in [2.24, 2.45) is 11.5 Å². The van der Waals surface area contributed by atoms with Gasteiger partial charge in [0.2, 0.25) is 23.6 Å². The summed E-state index contributed by atoms with van der Waals surface area (Å²) < 4.78 is 0. The summed E-state index contributed by atoms with van der Waals surface area (Å²) in [5.41, 5.74) is 12.0. The lowest BCUT2D eigenvalue weighted by Crippen LogP contribution is -2.52.